The van der Waals surface area contributed by atoms with Crippen molar-refractivity contribution in [3.8, 4) is 5.75 Å². The Morgan fingerprint density at radius 1 is 1.08 bits per heavy atom. The minimum atomic E-state index is 0.269. The highest BCUT2D eigenvalue weighted by Crippen LogP contribution is 2.32. The van der Waals surface area contributed by atoms with Crippen LogP contribution in [0.15, 0.2) is 58.9 Å². The van der Waals surface area contributed by atoms with Crippen molar-refractivity contribution in [1.82, 2.24) is 9.38 Å². The van der Waals surface area contributed by atoms with Crippen molar-refractivity contribution in [3.05, 3.63) is 54.4 Å². The predicted octanol–water partition coefficient (Wildman–Crippen LogP) is 5.66. The summed E-state index contributed by atoms with van der Waals surface area (Å²) >= 11 is 0. The lowest BCUT2D eigenvalue weighted by molar-refractivity contribution is 0.318. The number of aromatic nitrogens is 2. The number of hydrogen-bond donors (Lipinski definition) is 0. The first-order valence-corrected chi connectivity index (χ1v) is 8.31. The van der Waals surface area contributed by atoms with E-state index >= 15 is 0 Å². The van der Waals surface area contributed by atoms with E-state index < -0.39 is 0 Å². The fraction of sp³-hybridized carbons (Fsp3) is 0.316. The lowest BCUT2D eigenvalue weighted by Crippen LogP contribution is -1.94. The third-order valence-electron chi connectivity index (χ3n) is 3.66. The molecule has 0 unspecified atom stereocenters. The van der Waals surface area contributed by atoms with E-state index in [0.29, 0.717) is 6.61 Å². The first-order valence-electron chi connectivity index (χ1n) is 8.31. The molecule has 5 heteroatoms. The zero-order chi connectivity index (χ0) is 16.9. The second-order valence-electron chi connectivity index (χ2n) is 5.92. The monoisotopic (exact) mass is 322 g/mol. The first-order chi connectivity index (χ1) is 11.7. The van der Waals surface area contributed by atoms with Crippen LogP contribution in [-0.4, -0.2) is 16.0 Å². The van der Waals surface area contributed by atoms with Crippen LogP contribution >= 0.6 is 0 Å². The molecule has 0 aliphatic heterocycles. The highest BCUT2D eigenvalue weighted by atomic mass is 16.5. The van der Waals surface area contributed by atoms with Crippen LogP contribution in [0.3, 0.4) is 0 Å². The molecule has 5 nitrogen and oxygen atoms in total. The van der Waals surface area contributed by atoms with Crippen molar-refractivity contribution in [1.29, 1.82) is 0 Å². The molecule has 1 aromatic carbocycles. The predicted molar refractivity (Wildman–Crippen MR) is 95.7 cm³/mol. The topological polar surface area (TPSA) is 51.2 Å². The van der Waals surface area contributed by atoms with E-state index in [2.05, 4.69) is 36.0 Å². The summed E-state index contributed by atoms with van der Waals surface area (Å²) in [5.41, 5.74) is 2.55. The molecule has 124 valence electrons. The summed E-state index contributed by atoms with van der Waals surface area (Å²) < 4.78 is 7.71. The van der Waals surface area contributed by atoms with Crippen LogP contribution in [-0.2, 0) is 0 Å². The van der Waals surface area contributed by atoms with Gasteiger partial charge < -0.3 is 4.74 Å². The van der Waals surface area contributed by atoms with Gasteiger partial charge in [-0.1, -0.05) is 39.0 Å². The molecule has 0 radical (unpaired) electrons. The van der Waals surface area contributed by atoms with Crippen LogP contribution in [0.4, 0.5) is 11.5 Å². The van der Waals surface area contributed by atoms with Gasteiger partial charge in [0, 0.05) is 6.20 Å². The van der Waals surface area contributed by atoms with E-state index in [9.17, 15) is 0 Å². The first kappa shape index (κ1) is 16.2. The maximum atomic E-state index is 5.75. The van der Waals surface area contributed by atoms with Crippen LogP contribution < -0.4 is 4.74 Å². The van der Waals surface area contributed by atoms with Crippen LogP contribution in [0, 0.1) is 0 Å². The number of ether oxygens (including phenoxy) is 1. The number of fused-ring (bicyclic) bond motifs is 1. The molecule has 0 amide bonds. The van der Waals surface area contributed by atoms with Gasteiger partial charge in [-0.15, -0.1) is 10.2 Å². The zero-order valence-electron chi connectivity index (χ0n) is 14.3. The third-order valence-corrected chi connectivity index (χ3v) is 3.66. The van der Waals surface area contributed by atoms with Gasteiger partial charge in [0.25, 0.3) is 0 Å². The molecule has 0 bridgehead atoms. The van der Waals surface area contributed by atoms with E-state index in [0.717, 1.165) is 35.0 Å². The Hall–Kier alpha value is -2.69. The number of benzene rings is 1. The van der Waals surface area contributed by atoms with Crippen molar-refractivity contribution in [2.75, 3.05) is 6.61 Å². The van der Waals surface area contributed by atoms with Crippen LogP contribution in [0.25, 0.3) is 5.65 Å². The molecule has 2 heterocycles. The van der Waals surface area contributed by atoms with Gasteiger partial charge >= 0.3 is 0 Å². The summed E-state index contributed by atoms with van der Waals surface area (Å²) in [5.74, 6) is 1.79. The molecule has 0 atom stereocenters. The highest BCUT2D eigenvalue weighted by molar-refractivity contribution is 5.54. The Kier molecular flexibility index (Phi) is 4.89. The number of hydrogen-bond acceptors (Lipinski definition) is 4. The van der Waals surface area contributed by atoms with Crippen LogP contribution in [0.2, 0.25) is 0 Å². The van der Waals surface area contributed by atoms with Gasteiger partial charge in [0.2, 0.25) is 0 Å². The van der Waals surface area contributed by atoms with Gasteiger partial charge in [-0.05, 0) is 36.6 Å². The summed E-state index contributed by atoms with van der Waals surface area (Å²) in [6.07, 6.45) is 2.91. The zero-order valence-corrected chi connectivity index (χ0v) is 14.3. The number of imidazole rings is 1. The quantitative estimate of drug-likeness (QED) is 0.550. The van der Waals surface area contributed by atoms with E-state index in [-0.39, 0.29) is 5.92 Å². The van der Waals surface area contributed by atoms with E-state index in [4.69, 9.17) is 4.74 Å². The normalized spacial score (nSPS) is 11.7. The van der Waals surface area contributed by atoms with Crippen molar-refractivity contribution >= 4 is 17.2 Å². The van der Waals surface area contributed by atoms with Gasteiger partial charge in [0.1, 0.15) is 17.1 Å². The summed E-state index contributed by atoms with van der Waals surface area (Å²) in [5, 5.41) is 8.93. The van der Waals surface area contributed by atoms with E-state index in [1.54, 1.807) is 0 Å². The Labute approximate surface area is 142 Å². The van der Waals surface area contributed by atoms with Crippen molar-refractivity contribution < 1.29 is 4.74 Å². The summed E-state index contributed by atoms with van der Waals surface area (Å²) in [6.45, 7) is 6.97. The molecule has 0 saturated heterocycles. The Morgan fingerprint density at radius 3 is 2.67 bits per heavy atom. The molecular weight excluding hydrogens is 300 g/mol. The van der Waals surface area contributed by atoms with Crippen molar-refractivity contribution in [3.63, 3.8) is 0 Å². The molecule has 0 N–H and O–H groups in total. The van der Waals surface area contributed by atoms with Gasteiger partial charge in [0.05, 0.1) is 12.3 Å². The van der Waals surface area contributed by atoms with E-state index in [1.165, 1.54) is 0 Å². The Bertz CT molecular complexity index is 851. The molecule has 0 spiro atoms. The largest absolute Gasteiger partial charge is 0.491 e. The Morgan fingerprint density at radius 2 is 1.88 bits per heavy atom. The molecule has 0 aliphatic rings. The fourth-order valence-corrected chi connectivity index (χ4v) is 2.46. The second kappa shape index (κ2) is 7.25. The average Bonchev–Trinajstić information content (AvgIpc) is 2.98. The van der Waals surface area contributed by atoms with Gasteiger partial charge in [-0.2, -0.15) is 0 Å². The van der Waals surface area contributed by atoms with Gasteiger partial charge in [-0.3, -0.25) is 4.40 Å². The summed E-state index contributed by atoms with van der Waals surface area (Å²) in [7, 11) is 0. The molecule has 2 aromatic heterocycles. The standard InChI is InChI=1S/C19H22N4O/c1-4-13-24-16-10-6-5-9-15(16)21-22-19-18(14(2)3)20-17-11-7-8-12-23(17)19/h5-12,14H,4,13H2,1-3H3. The SMILES string of the molecule is CCCOc1ccccc1N=Nc1c(C(C)C)nc2ccccn12. The average molecular weight is 322 g/mol. The smallest absolute Gasteiger partial charge is 0.183 e. The molecule has 24 heavy (non-hydrogen) atoms. The maximum absolute atomic E-state index is 5.75. The van der Waals surface area contributed by atoms with Crippen LogP contribution in [0.1, 0.15) is 38.8 Å². The molecule has 0 fully saturated rings. The Balaban J connectivity index is 2.01. The summed E-state index contributed by atoms with van der Waals surface area (Å²) in [6, 6.07) is 13.6. The number of pyridine rings is 1. The number of rotatable bonds is 6. The molecular formula is C19H22N4O. The molecule has 0 saturated carbocycles. The molecule has 3 aromatic rings. The van der Waals surface area contributed by atoms with Gasteiger partial charge in [0.15, 0.2) is 5.82 Å². The summed E-state index contributed by atoms with van der Waals surface area (Å²) in [4.78, 5) is 4.67. The van der Waals surface area contributed by atoms with E-state index in [1.807, 2.05) is 53.1 Å². The minimum Gasteiger partial charge on any atom is -0.491 e. The fourth-order valence-electron chi connectivity index (χ4n) is 2.46. The van der Waals surface area contributed by atoms with Crippen molar-refractivity contribution in [2.45, 2.75) is 33.1 Å². The second-order valence-corrected chi connectivity index (χ2v) is 5.92. The number of azo groups is 1. The number of para-hydroxylation sites is 1. The molecule has 3 rings (SSSR count). The van der Waals surface area contributed by atoms with Crippen LogP contribution in [0.5, 0.6) is 5.75 Å². The maximum Gasteiger partial charge on any atom is 0.183 e. The minimum absolute atomic E-state index is 0.269. The third kappa shape index (κ3) is 3.30. The lowest BCUT2D eigenvalue weighted by atomic mass is 10.1. The van der Waals surface area contributed by atoms with Crippen molar-refractivity contribution in [2.24, 2.45) is 10.2 Å². The number of nitrogens with zero attached hydrogens (tertiary/aromatic N) is 4. The molecule has 0 aliphatic carbocycles. The highest BCUT2D eigenvalue weighted by Gasteiger charge is 2.14. The lowest BCUT2D eigenvalue weighted by Gasteiger charge is -2.06. The van der Waals surface area contributed by atoms with Gasteiger partial charge in [-0.25, -0.2) is 4.98 Å².